The van der Waals surface area contributed by atoms with Crippen LogP contribution >= 0.6 is 11.3 Å². The Morgan fingerprint density at radius 3 is 2.64 bits per heavy atom. The molecule has 0 atom stereocenters. The second-order valence-corrected chi connectivity index (χ2v) is 15.1. The van der Waals surface area contributed by atoms with Crippen LogP contribution in [-0.2, 0) is 11.2 Å². The molecule has 1 N–H and O–H groups in total. The predicted molar refractivity (Wildman–Crippen MR) is 146 cm³/mol. The van der Waals surface area contributed by atoms with E-state index in [1.54, 1.807) is 0 Å². The number of nitrogens with one attached hydrogen (secondary N) is 1. The molecule has 4 heterocycles. The molecule has 1 aliphatic heterocycles. The van der Waals surface area contributed by atoms with E-state index in [0.29, 0.717) is 5.92 Å². The van der Waals surface area contributed by atoms with E-state index in [1.807, 2.05) is 17.5 Å². The zero-order valence-corrected chi connectivity index (χ0v) is 24.0. The molecule has 0 spiro atoms. The van der Waals surface area contributed by atoms with Crippen LogP contribution in [0.4, 0.5) is 11.4 Å². The number of morpholine rings is 1. The van der Waals surface area contributed by atoms with Gasteiger partial charge in [-0.2, -0.15) is 0 Å². The molecule has 7 nitrogen and oxygen atoms in total. The van der Waals surface area contributed by atoms with Gasteiger partial charge in [-0.1, -0.05) is 0 Å². The van der Waals surface area contributed by atoms with Crippen LogP contribution in [0.3, 0.4) is 0 Å². The number of rotatable bonds is 8. The molecule has 0 bridgehead atoms. The Morgan fingerprint density at radius 2 is 1.81 bits per heavy atom. The number of fused-ring (bicyclic) bond motifs is 1. The minimum Gasteiger partial charge on any atom is -0.379 e. The van der Waals surface area contributed by atoms with Crippen molar-refractivity contribution in [2.45, 2.75) is 38.0 Å². The van der Waals surface area contributed by atoms with Crippen molar-refractivity contribution < 1.29 is 4.74 Å². The van der Waals surface area contributed by atoms with E-state index in [1.165, 1.54) is 43.0 Å². The third-order valence-electron chi connectivity index (χ3n) is 6.98. The first-order chi connectivity index (χ1) is 17.8. The summed E-state index contributed by atoms with van der Waals surface area (Å²) in [6.07, 6.45) is 8.14. The maximum atomic E-state index is 5.44. The van der Waals surface area contributed by atoms with Gasteiger partial charge in [0.05, 0.1) is 13.2 Å². The van der Waals surface area contributed by atoms with Gasteiger partial charge in [0.25, 0.3) is 0 Å². The van der Waals surface area contributed by atoms with Gasteiger partial charge in [0, 0.05) is 13.1 Å². The molecule has 2 radical (unpaired) electrons. The zero-order chi connectivity index (χ0) is 24.2. The summed E-state index contributed by atoms with van der Waals surface area (Å²) in [5.41, 5.74) is 5.23. The first-order valence-electron chi connectivity index (χ1n) is 12.8. The maximum absolute atomic E-state index is 5.44. The van der Waals surface area contributed by atoms with E-state index in [9.17, 15) is 0 Å². The fourth-order valence-corrected chi connectivity index (χ4v) is 9.65. The molecule has 1 aromatic carbocycles. The summed E-state index contributed by atoms with van der Waals surface area (Å²) in [6.45, 7) is 4.86. The second kappa shape index (κ2) is 11.5. The molecule has 1 saturated carbocycles. The van der Waals surface area contributed by atoms with Crippen LogP contribution in [0.5, 0.6) is 0 Å². The molecule has 9 heteroatoms. The Bertz CT molecular complexity index is 1300. The number of nitrogens with zero attached hydrogens (tertiary/aromatic N) is 5. The van der Waals surface area contributed by atoms with Crippen molar-refractivity contribution in [3.8, 4) is 0 Å². The van der Waals surface area contributed by atoms with E-state index in [-0.39, 0.29) is 0 Å². The Kier molecular flexibility index (Phi) is 7.73. The Hall–Kier alpha value is -2.14. The molecule has 184 valence electrons. The number of hydrogen-bond donors (Lipinski definition) is 1. The fourth-order valence-electron chi connectivity index (χ4n) is 4.91. The van der Waals surface area contributed by atoms with Crippen LogP contribution in [0.2, 0.25) is 0 Å². The minimum atomic E-state index is -1.07. The van der Waals surface area contributed by atoms with Crippen molar-refractivity contribution >= 4 is 61.6 Å². The zero-order valence-electron chi connectivity index (χ0n) is 20.3. The number of ether oxygens (including phenoxy) is 1. The van der Waals surface area contributed by atoms with Crippen LogP contribution in [0, 0.1) is 0 Å². The summed E-state index contributed by atoms with van der Waals surface area (Å²) in [6, 6.07) is 15.0. The number of anilines is 2. The fraction of sp³-hybridized carbons (Fsp3) is 0.407. The standard InChI is InChI=1S/C20H21N4O.C7H9N2S.Sn/c1-2-19-20(21-8-1)14-18(15-22-19)23-17-5-3-16(4-6-17)7-9-24-10-12-25-13-11-24;1-2-4-6(3-1)7-9-8-5-10-7;/h1-6,14-15,23H,7,9-13H2;6H,1-4H2;. The second-order valence-electron chi connectivity index (χ2n) is 9.54. The average Bonchev–Trinajstić information content (AvgIpc) is 3.61. The van der Waals surface area contributed by atoms with Gasteiger partial charge in [-0.15, -0.1) is 0 Å². The molecule has 0 unspecified atom stereocenters. The van der Waals surface area contributed by atoms with Gasteiger partial charge in [0.15, 0.2) is 0 Å². The predicted octanol–water partition coefficient (Wildman–Crippen LogP) is 3.41. The molecule has 3 aromatic heterocycles. The normalized spacial score (nSPS) is 17.1. The summed E-state index contributed by atoms with van der Waals surface area (Å²) >= 11 is 0.760. The van der Waals surface area contributed by atoms with Crippen molar-refractivity contribution in [2.24, 2.45) is 0 Å². The van der Waals surface area contributed by atoms with E-state index in [4.69, 9.17) is 9.72 Å². The van der Waals surface area contributed by atoms with Crippen LogP contribution in [-0.4, -0.2) is 79.1 Å². The van der Waals surface area contributed by atoms with E-state index in [2.05, 4.69) is 67.9 Å². The summed E-state index contributed by atoms with van der Waals surface area (Å²) in [7, 11) is 0. The van der Waals surface area contributed by atoms with E-state index >= 15 is 0 Å². The molecule has 1 aliphatic carbocycles. The van der Waals surface area contributed by atoms with Crippen LogP contribution in [0.1, 0.15) is 42.2 Å². The monoisotopic (exact) mass is 606 g/mol. The first kappa shape index (κ1) is 24.2. The molecule has 6 rings (SSSR count). The molecule has 2 fully saturated rings. The van der Waals surface area contributed by atoms with Gasteiger partial charge in [-0.05, 0) is 0 Å². The summed E-state index contributed by atoms with van der Waals surface area (Å²) in [5.74, 6) is 0.636. The molecular formula is C27H30N6OSSn. The number of benzene rings is 1. The topological polar surface area (TPSA) is 76.1 Å². The summed E-state index contributed by atoms with van der Waals surface area (Å²) < 4.78 is 7.82. The summed E-state index contributed by atoms with van der Waals surface area (Å²) in [4.78, 5) is 12.1. The van der Waals surface area contributed by atoms with Crippen LogP contribution in [0.25, 0.3) is 11.0 Å². The SMILES string of the molecule is c1cc(Nc2cnc3cc[c]([Sn][c]4nnc(C5CCCC5)s4)nc3c2)ccc1CCN1CCOCC1. The van der Waals surface area contributed by atoms with Gasteiger partial charge in [-0.3, -0.25) is 4.90 Å². The van der Waals surface area contributed by atoms with Gasteiger partial charge in [0.1, 0.15) is 0 Å². The van der Waals surface area contributed by atoms with Crippen molar-refractivity contribution in [1.29, 1.82) is 0 Å². The van der Waals surface area contributed by atoms with Crippen LogP contribution < -0.4 is 12.1 Å². The quantitative estimate of drug-likeness (QED) is 0.309. The van der Waals surface area contributed by atoms with Gasteiger partial charge in [0.2, 0.25) is 0 Å². The van der Waals surface area contributed by atoms with Crippen molar-refractivity contribution in [2.75, 3.05) is 38.2 Å². The van der Waals surface area contributed by atoms with Crippen molar-refractivity contribution in [3.05, 3.63) is 59.2 Å². The Labute approximate surface area is 225 Å². The molecule has 36 heavy (non-hydrogen) atoms. The third kappa shape index (κ3) is 6.04. The van der Waals surface area contributed by atoms with Gasteiger partial charge in [-0.25, -0.2) is 0 Å². The minimum absolute atomic E-state index is 0.636. The van der Waals surface area contributed by atoms with Crippen molar-refractivity contribution in [1.82, 2.24) is 25.1 Å². The van der Waals surface area contributed by atoms with Gasteiger partial charge < -0.3 is 4.74 Å². The molecule has 2 aliphatic rings. The molecular weight excluding hydrogens is 575 g/mol. The Morgan fingerprint density at radius 1 is 0.972 bits per heavy atom. The average molecular weight is 605 g/mol. The number of aromatic nitrogens is 4. The number of pyridine rings is 2. The smallest absolute Gasteiger partial charge is 0.379 e. The van der Waals surface area contributed by atoms with Gasteiger partial charge >= 0.3 is 191 Å². The molecule has 0 amide bonds. The first-order valence-corrected chi connectivity index (χ1v) is 16.5. The van der Waals surface area contributed by atoms with E-state index in [0.717, 1.165) is 61.7 Å². The van der Waals surface area contributed by atoms with Crippen LogP contribution in [0.15, 0.2) is 48.7 Å². The Balaban J connectivity index is 1.09. The number of hydrogen-bond acceptors (Lipinski definition) is 8. The molecule has 1 saturated heterocycles. The van der Waals surface area contributed by atoms with E-state index < -0.39 is 21.1 Å². The third-order valence-corrected chi connectivity index (χ3v) is 11.9. The summed E-state index contributed by atoms with van der Waals surface area (Å²) in [5, 5.41) is 13.8. The van der Waals surface area contributed by atoms with Crippen molar-refractivity contribution in [3.63, 3.8) is 0 Å². The molecule has 4 aromatic rings.